The fourth-order valence-corrected chi connectivity index (χ4v) is 13.4. The lowest BCUT2D eigenvalue weighted by atomic mass is 10.0. The number of rotatable bonds is 76. The number of hydrogen-bond acceptors (Lipinski definition) is 6. The molecule has 0 aliphatic heterocycles. The summed E-state index contributed by atoms with van der Waals surface area (Å²) in [6.45, 7) is 4.71. The van der Waals surface area contributed by atoms with Gasteiger partial charge in [-0.05, 0) is 32.1 Å². The first-order valence-corrected chi connectivity index (χ1v) is 41.7. The van der Waals surface area contributed by atoms with Gasteiger partial charge < -0.3 is 28.8 Å². The van der Waals surface area contributed by atoms with Crippen molar-refractivity contribution in [3.05, 3.63) is 24.3 Å². The Morgan fingerprint density at radius 1 is 0.382 bits per heavy atom. The molecular weight excluding hydrogens is 1120 g/mol. The lowest BCUT2D eigenvalue weighted by Gasteiger charge is -2.29. The number of likely N-dealkylation sites (N-methyl/N-ethyl adjacent to an activating group) is 1. The molecule has 89 heavy (non-hydrogen) atoms. The average Bonchev–Trinajstić information content (AvgIpc) is 3.62. The van der Waals surface area contributed by atoms with Gasteiger partial charge in [-0.2, -0.15) is 0 Å². The largest absolute Gasteiger partial charge is 0.756 e. The third kappa shape index (κ3) is 74.2. The van der Waals surface area contributed by atoms with Crippen molar-refractivity contribution in [2.45, 2.75) is 443 Å². The van der Waals surface area contributed by atoms with Gasteiger partial charge in [0.1, 0.15) is 13.2 Å². The molecule has 1 amide bonds. The van der Waals surface area contributed by atoms with Gasteiger partial charge in [-0.15, -0.1) is 0 Å². The van der Waals surface area contributed by atoms with Crippen LogP contribution in [-0.2, 0) is 18.4 Å². The highest BCUT2D eigenvalue weighted by Gasteiger charge is 2.23. The number of unbranched alkanes of at least 4 members (excludes halogenated alkanes) is 61. The SMILES string of the molecule is CCCCCCCCCCCCCCCCCCCCCCCCCCCC/C=C/CC/C=C/C(O)C(COP(=O)([O-])OCC[N+](C)(C)C)NC(=O)CCCCCCCCCCCCCCCCCCCCCCCCCCCCCCCCCCCCC. The number of hydrogen-bond donors (Lipinski definition) is 2. The van der Waals surface area contributed by atoms with E-state index in [4.69, 9.17) is 9.05 Å². The number of carbonyl (C=O) groups is 1. The van der Waals surface area contributed by atoms with Crippen molar-refractivity contribution in [1.29, 1.82) is 0 Å². The van der Waals surface area contributed by atoms with Crippen molar-refractivity contribution < 1.29 is 32.9 Å². The van der Waals surface area contributed by atoms with Gasteiger partial charge in [-0.3, -0.25) is 9.36 Å². The van der Waals surface area contributed by atoms with Crippen LogP contribution in [0.4, 0.5) is 0 Å². The van der Waals surface area contributed by atoms with Gasteiger partial charge in [0.2, 0.25) is 5.91 Å². The maximum atomic E-state index is 13.1. The topological polar surface area (TPSA) is 108 Å². The van der Waals surface area contributed by atoms with Gasteiger partial charge >= 0.3 is 0 Å². The molecule has 3 atom stereocenters. The van der Waals surface area contributed by atoms with E-state index in [9.17, 15) is 19.4 Å². The number of carbonyl (C=O) groups excluding carboxylic acids is 1. The normalized spacial score (nSPS) is 13.6. The summed E-state index contributed by atoms with van der Waals surface area (Å²) in [5.41, 5.74) is 0. The van der Waals surface area contributed by atoms with Gasteiger partial charge in [0.15, 0.2) is 0 Å². The first-order chi connectivity index (χ1) is 43.5. The Kier molecular flexibility index (Phi) is 70.5. The molecule has 0 fully saturated rings. The second-order valence-electron chi connectivity index (χ2n) is 29.1. The number of aliphatic hydroxyl groups is 1. The maximum Gasteiger partial charge on any atom is 0.268 e. The quantitative estimate of drug-likeness (QED) is 0.0272. The van der Waals surface area contributed by atoms with E-state index in [2.05, 4.69) is 31.3 Å². The molecule has 0 aromatic heterocycles. The molecule has 0 saturated carbocycles. The fourth-order valence-electron chi connectivity index (χ4n) is 12.7. The molecule has 0 aromatic carbocycles. The molecule has 530 valence electrons. The summed E-state index contributed by atoms with van der Waals surface area (Å²) in [6.07, 6.45) is 95.1. The van der Waals surface area contributed by atoms with Crippen LogP contribution < -0.4 is 10.2 Å². The smallest absolute Gasteiger partial charge is 0.268 e. The van der Waals surface area contributed by atoms with Gasteiger partial charge in [0, 0.05) is 6.42 Å². The van der Waals surface area contributed by atoms with E-state index >= 15 is 0 Å². The van der Waals surface area contributed by atoms with Gasteiger partial charge in [-0.1, -0.05) is 417 Å². The van der Waals surface area contributed by atoms with E-state index in [1.165, 1.54) is 372 Å². The summed E-state index contributed by atoms with van der Waals surface area (Å²) >= 11 is 0. The first kappa shape index (κ1) is 88.0. The molecule has 3 unspecified atom stereocenters. The number of aliphatic hydroxyl groups excluding tert-OH is 1. The Morgan fingerprint density at radius 3 is 0.910 bits per heavy atom. The summed E-state index contributed by atoms with van der Waals surface area (Å²) in [7, 11) is 1.27. The first-order valence-electron chi connectivity index (χ1n) is 40.2. The standard InChI is InChI=1S/C80H159N2O6P/c1-6-8-10-12-14-16-18-20-22-24-26-28-30-32-34-36-38-40-41-42-44-46-48-50-52-54-56-58-60-62-64-66-68-70-72-74-80(84)81-78(77-88-89(85,86)87-76-75-82(3,4)5)79(83)73-71-69-67-65-63-61-59-57-55-53-51-49-47-45-43-39-37-35-33-31-29-27-25-23-21-19-17-15-13-11-9-7-2/h63,65,71,73,78-79,83H,6-62,64,66-70,72,74-77H2,1-5H3,(H-,81,84,85,86)/b65-63+,73-71+. The van der Waals surface area contributed by atoms with E-state index in [0.717, 1.165) is 38.5 Å². The summed E-state index contributed by atoms with van der Waals surface area (Å²) in [5, 5.41) is 14.0. The predicted octanol–water partition coefficient (Wildman–Crippen LogP) is 25.5. The van der Waals surface area contributed by atoms with Gasteiger partial charge in [0.25, 0.3) is 7.82 Å². The highest BCUT2D eigenvalue weighted by molar-refractivity contribution is 7.45. The summed E-state index contributed by atoms with van der Waals surface area (Å²) < 4.78 is 23.5. The minimum atomic E-state index is -4.61. The molecule has 0 aromatic rings. The lowest BCUT2D eigenvalue weighted by Crippen LogP contribution is -2.45. The Bertz CT molecular complexity index is 1500. The zero-order valence-corrected chi connectivity index (χ0v) is 61.8. The van der Waals surface area contributed by atoms with Crippen LogP contribution in [0.15, 0.2) is 24.3 Å². The Balaban J connectivity index is 3.96. The third-order valence-corrected chi connectivity index (χ3v) is 19.9. The van der Waals surface area contributed by atoms with Crippen LogP contribution in [0.1, 0.15) is 431 Å². The molecule has 0 aliphatic carbocycles. The molecule has 0 heterocycles. The van der Waals surface area contributed by atoms with E-state index < -0.39 is 20.0 Å². The molecule has 0 spiro atoms. The van der Waals surface area contributed by atoms with Crippen molar-refractivity contribution in [2.75, 3.05) is 40.9 Å². The average molecular weight is 1280 g/mol. The zero-order valence-electron chi connectivity index (χ0n) is 60.9. The number of nitrogens with one attached hydrogen (secondary N) is 1. The highest BCUT2D eigenvalue weighted by atomic mass is 31.2. The van der Waals surface area contributed by atoms with E-state index in [1.807, 2.05) is 27.2 Å². The van der Waals surface area contributed by atoms with Crippen molar-refractivity contribution in [3.63, 3.8) is 0 Å². The third-order valence-electron chi connectivity index (χ3n) is 18.9. The number of phosphoric ester groups is 1. The molecule has 9 heteroatoms. The van der Waals surface area contributed by atoms with E-state index in [-0.39, 0.29) is 19.1 Å². The molecule has 0 aliphatic rings. The number of quaternary nitrogens is 1. The predicted molar refractivity (Wildman–Crippen MR) is 390 cm³/mol. The van der Waals surface area contributed by atoms with Crippen LogP contribution in [0.3, 0.4) is 0 Å². The second-order valence-corrected chi connectivity index (χ2v) is 30.5. The van der Waals surface area contributed by atoms with Crippen molar-refractivity contribution in [2.24, 2.45) is 0 Å². The van der Waals surface area contributed by atoms with Crippen LogP contribution in [-0.4, -0.2) is 68.5 Å². The van der Waals surface area contributed by atoms with Crippen LogP contribution in [0, 0.1) is 0 Å². The molecule has 0 bridgehead atoms. The Morgan fingerprint density at radius 2 is 0.629 bits per heavy atom. The Labute approximate surface area is 557 Å². The van der Waals surface area contributed by atoms with Crippen molar-refractivity contribution in [1.82, 2.24) is 5.32 Å². The minimum absolute atomic E-state index is 0.00325. The highest BCUT2D eigenvalue weighted by Crippen LogP contribution is 2.38. The maximum absolute atomic E-state index is 13.1. The Hall–Kier alpha value is -1.02. The van der Waals surface area contributed by atoms with Crippen LogP contribution in [0.25, 0.3) is 0 Å². The molecule has 0 radical (unpaired) electrons. The summed E-state index contributed by atoms with van der Waals surface area (Å²) in [5.74, 6) is -0.197. The van der Waals surface area contributed by atoms with Crippen LogP contribution in [0.5, 0.6) is 0 Å². The number of allylic oxidation sites excluding steroid dienone is 3. The molecular formula is C80H159N2O6P. The molecule has 8 nitrogen and oxygen atoms in total. The zero-order chi connectivity index (χ0) is 64.8. The summed E-state index contributed by atoms with van der Waals surface area (Å²) in [6, 6.07) is -0.903. The number of amides is 1. The van der Waals surface area contributed by atoms with Crippen LogP contribution >= 0.6 is 7.82 Å². The molecule has 0 rings (SSSR count). The van der Waals surface area contributed by atoms with E-state index in [1.54, 1.807) is 6.08 Å². The summed E-state index contributed by atoms with van der Waals surface area (Å²) in [4.78, 5) is 25.7. The van der Waals surface area contributed by atoms with Crippen molar-refractivity contribution >= 4 is 13.7 Å². The number of phosphoric acid groups is 1. The molecule has 2 N–H and O–H groups in total. The van der Waals surface area contributed by atoms with Gasteiger partial charge in [0.05, 0.1) is 39.9 Å². The fraction of sp³-hybridized carbons (Fsp3) is 0.938. The monoisotopic (exact) mass is 1280 g/mol. The van der Waals surface area contributed by atoms with E-state index in [0.29, 0.717) is 17.4 Å². The minimum Gasteiger partial charge on any atom is -0.756 e. The van der Waals surface area contributed by atoms with Crippen molar-refractivity contribution in [3.8, 4) is 0 Å². The lowest BCUT2D eigenvalue weighted by molar-refractivity contribution is -0.870. The molecule has 0 saturated heterocycles. The second kappa shape index (κ2) is 71.3. The van der Waals surface area contributed by atoms with Gasteiger partial charge in [-0.25, -0.2) is 0 Å². The van der Waals surface area contributed by atoms with Crippen LogP contribution in [0.2, 0.25) is 0 Å². The number of nitrogens with zero attached hydrogens (tertiary/aromatic N) is 1.